The zero-order chi connectivity index (χ0) is 95.9. The number of carboxylic acid groups (broad SMARTS) is 4. The fourth-order valence-electron chi connectivity index (χ4n) is 13.6. The number of aliphatic hydroxyl groups excluding tert-OH is 12. The van der Waals surface area contributed by atoms with Crippen LogP contribution in [0.1, 0.15) is 6.92 Å². The third-order valence-corrected chi connectivity index (χ3v) is 22.6. The highest BCUT2D eigenvalue weighted by Gasteiger charge is 2.64. The maximum absolute atomic E-state index is 13.5. The average Bonchev–Trinajstić information content (AvgIpc) is 0.908. The first-order chi connectivity index (χ1) is 58.1. The van der Waals surface area contributed by atoms with Crippen molar-refractivity contribution >= 4 is 113 Å². The molecule has 8 heterocycles. The molecule has 0 bridgehead atoms. The minimum absolute atomic E-state index is 0.674. The number of aliphatic hydroxyl groups is 12. The molecule has 8 fully saturated rings. The maximum atomic E-state index is 13.5. The molecule has 738 valence electrons. The lowest BCUT2D eigenvalue weighted by atomic mass is 9.94. The number of aliphatic carboxylic acids is 4. The third kappa shape index (κ3) is 28.4. The minimum atomic E-state index is -6.53. The van der Waals surface area contributed by atoms with Crippen molar-refractivity contribution in [1.82, 2.24) is 14.8 Å². The highest BCUT2D eigenvalue weighted by atomic mass is 32.3. The number of rotatable bonds is 40. The number of hydrogen-bond donors (Lipinski definition) is 27. The van der Waals surface area contributed by atoms with Crippen LogP contribution in [0.4, 0.5) is 0 Å². The molecule has 0 unspecified atom stereocenters. The SMILES string of the molecule is CC(=O)N[C@H]1[C@@H](O[C@H]2[C@H](O)[C@@H](O)[C@H](O[C@H]3[C@H](OS(=O)(=O)O)[C@@H](NS(=O)(=O)O)[C@@H](O[C@H]4[C@H](O)[C@@H](OS(=O)(=O)O)[C@H](O[C@H]5[C@H](O)[C@@H](NS(=O)(=O)O)[C@@H](O[C@H]6[C@H](O)[C@@H](OS(=O)(=O)O)[C@H](O[C@H]7[C@H](O)[C@@H](CO)O[C@@H]7CO)O[C@H]6C(=O)O)O[C@@H]5COS(=O)(=O)O)O[C@H]4C(=O)O)O[C@@H]3COS(=O)(=O)O)O[C@@H]2C(=O)O)O[C@H](COS(=O)(=O)O)[C@@H](O[C@@H]2O[C@@H](C(=O)O)[C@@H](O)[C@H](O)[C@H]2O)[C@@H]1O. The highest BCUT2D eigenvalue weighted by Crippen LogP contribution is 2.42. The molecule has 8 rings (SSSR count). The molecule has 0 aliphatic carbocycles. The highest BCUT2D eigenvalue weighted by molar-refractivity contribution is 7.84. The van der Waals surface area contributed by atoms with Gasteiger partial charge in [-0.05, 0) is 0 Å². The zero-order valence-electron chi connectivity index (χ0n) is 62.2. The molecule has 0 spiro atoms. The Hall–Kier alpha value is -4.77. The zero-order valence-corrected chi connectivity index (χ0v) is 68.7. The monoisotopic (exact) mass is 2030 g/mol. The van der Waals surface area contributed by atoms with E-state index in [0.29, 0.717) is 6.92 Å². The molecule has 1 amide bonds. The van der Waals surface area contributed by atoms with Gasteiger partial charge in [0.2, 0.25) is 5.91 Å². The fourth-order valence-corrected chi connectivity index (χ4v) is 17.2. The van der Waals surface area contributed by atoms with Gasteiger partial charge < -0.3 is 158 Å². The van der Waals surface area contributed by atoms with Crippen molar-refractivity contribution in [3.63, 3.8) is 0 Å². The van der Waals surface area contributed by atoms with E-state index in [2.05, 4.69) is 25.1 Å². The van der Waals surface area contributed by atoms with Gasteiger partial charge in [0, 0.05) is 6.92 Å². The molecule has 0 radical (unpaired) electrons. The molecule has 8 aliphatic heterocycles. The quantitative estimate of drug-likeness (QED) is 0.0253. The molecule has 77 heteroatoms. The summed E-state index contributed by atoms with van der Waals surface area (Å²) in [6.07, 6.45) is -104. The van der Waals surface area contributed by atoms with Gasteiger partial charge in [0.05, 0.1) is 33.0 Å². The van der Waals surface area contributed by atoms with Crippen LogP contribution >= 0.6 is 0 Å². The lowest BCUT2D eigenvalue weighted by Crippen LogP contribution is -2.71. The second kappa shape index (κ2) is 42.0. The van der Waals surface area contributed by atoms with Crippen LogP contribution in [0, 0.1) is 0 Å². The number of carbonyl (C=O) groups excluding carboxylic acids is 1. The van der Waals surface area contributed by atoms with Gasteiger partial charge in [-0.15, -0.1) is 0 Å². The van der Waals surface area contributed by atoms with E-state index in [9.17, 15) is 209 Å². The summed E-state index contributed by atoms with van der Waals surface area (Å²) in [6, 6.07) is -8.92. The second-order valence-corrected chi connectivity index (χ2v) is 36.2. The van der Waals surface area contributed by atoms with Crippen molar-refractivity contribution in [1.29, 1.82) is 0 Å². The van der Waals surface area contributed by atoms with Gasteiger partial charge in [0.1, 0.15) is 159 Å². The molecule has 69 nitrogen and oxygen atoms in total. The molecule has 0 aromatic rings. The topological polar surface area (TPSA) is 1070 Å². The Balaban J connectivity index is 1.14. The summed E-state index contributed by atoms with van der Waals surface area (Å²) in [6.45, 7) is -7.29. The molecule has 8 aliphatic rings. The van der Waals surface area contributed by atoms with E-state index in [4.69, 9.17) is 71.1 Å². The van der Waals surface area contributed by atoms with Crippen molar-refractivity contribution < 1.29 is 306 Å². The summed E-state index contributed by atoms with van der Waals surface area (Å²) >= 11 is 0. The fraction of sp³-hybridized carbons (Fsp3) is 0.900. The summed E-state index contributed by atoms with van der Waals surface area (Å²) in [5, 5.41) is 176. The first-order valence-corrected chi connectivity index (χ1v) is 45.5. The van der Waals surface area contributed by atoms with Crippen molar-refractivity contribution in [2.75, 3.05) is 33.0 Å². The van der Waals surface area contributed by atoms with Gasteiger partial charge >= 0.3 is 107 Å². The van der Waals surface area contributed by atoms with Gasteiger partial charge in [-0.3, -0.25) is 41.2 Å². The normalized spacial score (nSPS) is 41.3. The third-order valence-electron chi connectivity index (χ3n) is 18.7. The van der Waals surface area contributed by atoms with E-state index in [1.165, 1.54) is 0 Å². The molecule has 0 saturated carbocycles. The molecular formula is C50H79N3O66S8. The molecule has 0 aromatic heterocycles. The standard InChI is InChI=1S/C50H79N3O66S8/c1-7(56)51-13-17(58)27(106-47-22(63)19(60)20(61)34(113-47)40(67)68)10(4-99-122(81,82)83)103-44(13)110-31-21(62)23(64)48(114-37(31)41(69)70)109-29-12(6-101-124(87,88)89)105-46(15(53-121(78,79)80)30(29)117-125(90,91)92)112-33-25(66)36(119-127(96,97)98)50(116-39(33)43(73)74)108-28-11(5-100-123(84,85)86)104-45(14(18(28)59)52-120(75,76)77)111-32-24(65)35(118-126(93,94)95)49(115-38(32)42(71)72)107-26-9(3-55)102-8(2-54)16(26)57/h8-39,44-50,52-55,57-66H,2-6H2,1H3,(H,51,56)(H,67,68)(H,69,70)(H,71,72)(H,73,74)(H,75,76,77)(H,78,79,80)(H,81,82,83)(H,84,85,86)(H,87,88,89)(H,90,91,92)(H,93,94,95)(H,96,97,98)/t8-,9-,10-,11-,12-,13-,14-,15-,16-,17-,18-,19+,20+,21-,22-,23-,24+,25+,26-,27-,28-,29-,30-,31+,32+,33+,34-,35-,36-,37+,38-,39-,44-,45-,46-,47-,48-,49-,50-/m1/s1. The molecule has 127 heavy (non-hydrogen) atoms. The average molecular weight is 2030 g/mol. The largest absolute Gasteiger partial charge is 0.479 e. The Labute approximate surface area is 709 Å². The van der Waals surface area contributed by atoms with E-state index < -0.39 is 385 Å². The predicted octanol–water partition coefficient (Wildman–Crippen LogP) is -19.5. The maximum Gasteiger partial charge on any atom is 0.397 e. The van der Waals surface area contributed by atoms with Crippen molar-refractivity contribution in [3.8, 4) is 0 Å². The number of ether oxygens (including phenoxy) is 15. The minimum Gasteiger partial charge on any atom is -0.479 e. The number of amides is 1. The summed E-state index contributed by atoms with van der Waals surface area (Å²) in [5.41, 5.74) is 0. The van der Waals surface area contributed by atoms with Gasteiger partial charge in [-0.2, -0.15) is 76.8 Å². The Kier molecular flexibility index (Phi) is 35.6. The first kappa shape index (κ1) is 108. The van der Waals surface area contributed by atoms with E-state index in [1.807, 2.05) is 5.32 Å². The van der Waals surface area contributed by atoms with Gasteiger partial charge in [0.25, 0.3) is 0 Å². The molecule has 8 saturated heterocycles. The van der Waals surface area contributed by atoms with Crippen molar-refractivity contribution in [3.05, 3.63) is 0 Å². The number of nitrogens with one attached hydrogen (secondary N) is 3. The van der Waals surface area contributed by atoms with E-state index in [-0.39, 0.29) is 0 Å². The smallest absolute Gasteiger partial charge is 0.397 e. The number of carboxylic acids is 4. The molecule has 0 aromatic carbocycles. The van der Waals surface area contributed by atoms with Crippen molar-refractivity contribution in [2.24, 2.45) is 0 Å². The lowest BCUT2D eigenvalue weighted by Gasteiger charge is -2.51. The number of carbonyl (C=O) groups is 5. The molecule has 27 N–H and O–H groups in total. The van der Waals surface area contributed by atoms with Gasteiger partial charge in [-0.1, -0.05) is 0 Å². The van der Waals surface area contributed by atoms with E-state index >= 15 is 0 Å². The summed E-state index contributed by atoms with van der Waals surface area (Å²) < 4.78 is 389. The van der Waals surface area contributed by atoms with E-state index in [0.717, 1.165) is 9.44 Å². The van der Waals surface area contributed by atoms with Crippen LogP contribution in [-0.2, 0) is 203 Å². The van der Waals surface area contributed by atoms with Crippen LogP contribution in [0.3, 0.4) is 0 Å². The predicted molar refractivity (Wildman–Crippen MR) is 364 cm³/mol. The Morgan fingerprint density at radius 3 is 0.937 bits per heavy atom. The molecule has 39 atom stereocenters. The molecular weight excluding hydrogens is 1960 g/mol. The van der Waals surface area contributed by atoms with Crippen LogP contribution in [-0.4, -0.2) is 487 Å². The Morgan fingerprint density at radius 2 is 0.575 bits per heavy atom. The van der Waals surface area contributed by atoms with Crippen LogP contribution in [0.25, 0.3) is 0 Å². The first-order valence-electron chi connectivity index (χ1n) is 34.5. The van der Waals surface area contributed by atoms with E-state index in [1.54, 1.807) is 0 Å². The number of hydrogen-bond acceptors (Lipinski definition) is 54. The van der Waals surface area contributed by atoms with Crippen LogP contribution < -0.4 is 14.8 Å². The van der Waals surface area contributed by atoms with Gasteiger partial charge in [0.15, 0.2) is 80.7 Å². The van der Waals surface area contributed by atoms with Crippen LogP contribution in [0.15, 0.2) is 0 Å². The summed E-state index contributed by atoms with van der Waals surface area (Å²) in [4.78, 5) is 64.2. The summed E-state index contributed by atoms with van der Waals surface area (Å²) in [7, 11) is -49.1. The van der Waals surface area contributed by atoms with Crippen LogP contribution in [0.5, 0.6) is 0 Å². The van der Waals surface area contributed by atoms with Crippen LogP contribution in [0.2, 0.25) is 0 Å². The lowest BCUT2D eigenvalue weighted by molar-refractivity contribution is -0.378. The Morgan fingerprint density at radius 1 is 0.276 bits per heavy atom. The van der Waals surface area contributed by atoms with Gasteiger partial charge in [-0.25, -0.2) is 44.3 Å². The van der Waals surface area contributed by atoms with Crippen molar-refractivity contribution in [2.45, 2.75) is 246 Å². The summed E-state index contributed by atoms with van der Waals surface area (Å²) in [5.74, 6) is -10.9. The second-order valence-electron chi connectivity index (χ2n) is 27.4. The Bertz CT molecular complexity index is 4810.